The number of ether oxygens (including phenoxy) is 11. The average molecular weight is 834 g/mol. The molecule has 2 aromatic carbocycles. The Hall–Kier alpha value is -2.69. The van der Waals surface area contributed by atoms with E-state index in [1.54, 1.807) is 0 Å². The SMILES string of the molecule is CCCCCCCCCCOCCOCCOCCOCCOCCOCCOCCOCCOCCOCCCNC(=O)OCC1c2ccccc2-c2ccccc21. The average Bonchev–Trinajstić information content (AvgIpc) is 3.58. The van der Waals surface area contributed by atoms with Crippen LogP contribution < -0.4 is 5.32 Å². The van der Waals surface area contributed by atoms with E-state index in [4.69, 9.17) is 52.1 Å². The molecule has 13 heteroatoms. The van der Waals surface area contributed by atoms with Crippen LogP contribution in [-0.4, -0.2) is 151 Å². The Morgan fingerprint density at radius 3 is 1.14 bits per heavy atom. The number of rotatable bonds is 42. The summed E-state index contributed by atoms with van der Waals surface area (Å²) >= 11 is 0. The van der Waals surface area contributed by atoms with Crippen molar-refractivity contribution in [1.29, 1.82) is 0 Å². The largest absolute Gasteiger partial charge is 0.449 e. The van der Waals surface area contributed by atoms with Crippen LogP contribution in [0.3, 0.4) is 0 Å². The number of unbranched alkanes of at least 4 members (excludes halogenated alkanes) is 7. The highest BCUT2D eigenvalue weighted by Crippen LogP contribution is 2.44. The van der Waals surface area contributed by atoms with Crippen molar-refractivity contribution in [1.82, 2.24) is 5.32 Å². The molecule has 2 aromatic rings. The number of hydrogen-bond donors (Lipinski definition) is 1. The third-order valence-electron chi connectivity index (χ3n) is 9.57. The van der Waals surface area contributed by atoms with Gasteiger partial charge < -0.3 is 57.4 Å². The Kier molecular flexibility index (Phi) is 31.9. The Labute approximate surface area is 354 Å². The maximum Gasteiger partial charge on any atom is 0.407 e. The summed E-state index contributed by atoms with van der Waals surface area (Å²) in [5, 5.41) is 2.81. The molecule has 0 bridgehead atoms. The van der Waals surface area contributed by atoms with Crippen LogP contribution in [0.4, 0.5) is 4.79 Å². The van der Waals surface area contributed by atoms with Gasteiger partial charge in [-0.25, -0.2) is 4.79 Å². The van der Waals surface area contributed by atoms with Crippen molar-refractivity contribution >= 4 is 6.09 Å². The molecule has 336 valence electrons. The first-order valence-corrected chi connectivity index (χ1v) is 22.2. The van der Waals surface area contributed by atoms with Crippen molar-refractivity contribution < 1.29 is 56.9 Å². The fourth-order valence-corrected chi connectivity index (χ4v) is 6.43. The minimum Gasteiger partial charge on any atom is -0.449 e. The Bertz CT molecular complexity index is 1220. The van der Waals surface area contributed by atoms with Crippen molar-refractivity contribution in [3.63, 3.8) is 0 Å². The summed E-state index contributed by atoms with van der Waals surface area (Å²) in [5.41, 5.74) is 4.82. The van der Waals surface area contributed by atoms with Crippen LogP contribution in [0.2, 0.25) is 0 Å². The third kappa shape index (κ3) is 25.6. The Morgan fingerprint density at radius 1 is 0.424 bits per heavy atom. The van der Waals surface area contributed by atoms with Crippen LogP contribution in [0.15, 0.2) is 48.5 Å². The van der Waals surface area contributed by atoms with E-state index in [-0.39, 0.29) is 5.92 Å². The second kappa shape index (κ2) is 37.1. The summed E-state index contributed by atoms with van der Waals surface area (Å²) < 4.78 is 61.0. The Balaban J connectivity index is 0.923. The van der Waals surface area contributed by atoms with Crippen molar-refractivity contribution in [2.24, 2.45) is 0 Å². The molecule has 0 spiro atoms. The van der Waals surface area contributed by atoms with Gasteiger partial charge in [-0.3, -0.25) is 0 Å². The zero-order valence-corrected chi connectivity index (χ0v) is 36.0. The summed E-state index contributed by atoms with van der Waals surface area (Å²) in [6.07, 6.45) is 10.8. The molecule has 1 aliphatic rings. The van der Waals surface area contributed by atoms with Crippen molar-refractivity contribution in [3.8, 4) is 11.1 Å². The number of carbonyl (C=O) groups excluding carboxylic acids is 1. The molecule has 1 N–H and O–H groups in total. The van der Waals surface area contributed by atoms with Gasteiger partial charge in [-0.05, 0) is 35.1 Å². The second-order valence-corrected chi connectivity index (χ2v) is 14.2. The number of benzene rings is 2. The lowest BCUT2D eigenvalue weighted by Gasteiger charge is -2.14. The van der Waals surface area contributed by atoms with Crippen LogP contribution in [0.25, 0.3) is 11.1 Å². The van der Waals surface area contributed by atoms with Crippen molar-refractivity contribution in [2.45, 2.75) is 70.6 Å². The molecule has 1 amide bonds. The van der Waals surface area contributed by atoms with Gasteiger partial charge in [-0.2, -0.15) is 0 Å². The molecule has 0 aliphatic heterocycles. The fourth-order valence-electron chi connectivity index (χ4n) is 6.43. The van der Waals surface area contributed by atoms with E-state index in [1.165, 1.54) is 67.2 Å². The van der Waals surface area contributed by atoms with Gasteiger partial charge in [0.25, 0.3) is 0 Å². The molecule has 0 atom stereocenters. The van der Waals surface area contributed by atoms with Crippen LogP contribution in [-0.2, 0) is 52.1 Å². The van der Waals surface area contributed by atoms with Gasteiger partial charge in [-0.1, -0.05) is 100 Å². The summed E-state index contributed by atoms with van der Waals surface area (Å²) in [7, 11) is 0. The van der Waals surface area contributed by atoms with E-state index in [1.807, 2.05) is 24.3 Å². The summed E-state index contributed by atoms with van der Waals surface area (Å²) in [6.45, 7) is 13.8. The lowest BCUT2D eigenvalue weighted by Crippen LogP contribution is -2.27. The van der Waals surface area contributed by atoms with Gasteiger partial charge in [0.1, 0.15) is 6.61 Å². The van der Waals surface area contributed by atoms with Crippen LogP contribution in [0, 0.1) is 0 Å². The van der Waals surface area contributed by atoms with Crippen LogP contribution in [0.5, 0.6) is 0 Å². The van der Waals surface area contributed by atoms with Crippen LogP contribution >= 0.6 is 0 Å². The molecule has 1 aliphatic carbocycles. The smallest absolute Gasteiger partial charge is 0.407 e. The van der Waals surface area contributed by atoms with E-state index in [0.717, 1.165) is 13.0 Å². The number of amides is 1. The number of hydrogen-bond acceptors (Lipinski definition) is 12. The summed E-state index contributed by atoms with van der Waals surface area (Å²) in [6, 6.07) is 16.6. The van der Waals surface area contributed by atoms with Crippen molar-refractivity contribution in [3.05, 3.63) is 59.7 Å². The molecule has 59 heavy (non-hydrogen) atoms. The highest BCUT2D eigenvalue weighted by Gasteiger charge is 2.28. The van der Waals surface area contributed by atoms with E-state index in [2.05, 4.69) is 36.5 Å². The standard InChI is InChI=1S/C46H75NO12/c1-2-3-4-5-6-7-8-13-20-49-22-24-51-26-28-53-30-32-55-34-36-57-38-39-58-37-35-56-33-31-54-29-27-52-25-23-50-21-14-19-47-46(48)59-40-45-43-17-11-9-15-41(43)42-16-10-12-18-44(42)45/h9-12,15-18,45H,2-8,13-14,19-40H2,1H3,(H,47,48). The van der Waals surface area contributed by atoms with Gasteiger partial charge in [-0.15, -0.1) is 0 Å². The molecule has 0 saturated carbocycles. The first kappa shape index (κ1) is 50.7. The highest BCUT2D eigenvalue weighted by atomic mass is 16.6. The zero-order chi connectivity index (χ0) is 41.5. The molecule has 0 aromatic heterocycles. The van der Waals surface area contributed by atoms with E-state index < -0.39 is 6.09 Å². The minimum atomic E-state index is -0.412. The number of fused-ring (bicyclic) bond motifs is 3. The quantitative estimate of drug-likeness (QED) is 0.0678. The number of carbonyl (C=O) groups is 1. The van der Waals surface area contributed by atoms with Crippen molar-refractivity contribution in [2.75, 3.05) is 145 Å². The molecule has 0 saturated heterocycles. The normalized spacial score (nSPS) is 12.2. The lowest BCUT2D eigenvalue weighted by atomic mass is 9.98. The highest BCUT2D eigenvalue weighted by molar-refractivity contribution is 5.79. The second-order valence-electron chi connectivity index (χ2n) is 14.2. The Morgan fingerprint density at radius 2 is 0.746 bits per heavy atom. The molecule has 13 nitrogen and oxygen atoms in total. The summed E-state index contributed by atoms with van der Waals surface area (Å²) in [4.78, 5) is 12.3. The van der Waals surface area contributed by atoms with Gasteiger partial charge in [0.2, 0.25) is 0 Å². The lowest BCUT2D eigenvalue weighted by molar-refractivity contribution is -0.0264. The van der Waals surface area contributed by atoms with Crippen LogP contribution in [0.1, 0.15) is 81.8 Å². The maximum atomic E-state index is 12.3. The maximum absolute atomic E-state index is 12.3. The molecule has 0 fully saturated rings. The first-order valence-electron chi connectivity index (χ1n) is 22.2. The van der Waals surface area contributed by atoms with Gasteiger partial charge in [0, 0.05) is 25.7 Å². The number of alkyl carbamates (subject to hydrolysis) is 1. The van der Waals surface area contributed by atoms with Gasteiger partial charge in [0.15, 0.2) is 0 Å². The molecule has 0 unspecified atom stereocenters. The molecule has 0 radical (unpaired) electrons. The van der Waals surface area contributed by atoms with E-state index >= 15 is 0 Å². The summed E-state index contributed by atoms with van der Waals surface area (Å²) in [5.74, 6) is 0.0510. The van der Waals surface area contributed by atoms with Gasteiger partial charge >= 0.3 is 6.09 Å². The molecule has 0 heterocycles. The van der Waals surface area contributed by atoms with E-state index in [9.17, 15) is 4.79 Å². The first-order chi connectivity index (χ1) is 29.3. The number of nitrogens with one attached hydrogen (secondary N) is 1. The topological polar surface area (TPSA) is 131 Å². The fraction of sp³-hybridized carbons (Fsp3) is 0.717. The minimum absolute atomic E-state index is 0.0510. The third-order valence-corrected chi connectivity index (χ3v) is 9.57. The van der Waals surface area contributed by atoms with Gasteiger partial charge in [0.05, 0.1) is 119 Å². The molecular formula is C46H75NO12. The monoisotopic (exact) mass is 834 g/mol. The molecule has 3 rings (SSSR count). The zero-order valence-electron chi connectivity index (χ0n) is 36.0. The molecular weight excluding hydrogens is 759 g/mol. The van der Waals surface area contributed by atoms with E-state index in [0.29, 0.717) is 145 Å². The predicted octanol–water partition coefficient (Wildman–Crippen LogP) is 7.22. The predicted molar refractivity (Wildman–Crippen MR) is 228 cm³/mol.